The van der Waals surface area contributed by atoms with Gasteiger partial charge < -0.3 is 30.7 Å². The van der Waals surface area contributed by atoms with E-state index in [2.05, 4.69) is 10.6 Å². The number of nitrogens with zero attached hydrogens (tertiary/aromatic N) is 1. The van der Waals surface area contributed by atoms with Crippen LogP contribution in [0, 0.1) is 12.3 Å². The van der Waals surface area contributed by atoms with Crippen LogP contribution in [0.25, 0.3) is 0 Å². The van der Waals surface area contributed by atoms with E-state index in [0.717, 1.165) is 10.4 Å². The molecule has 3 amide bonds. The molecule has 226 valence electrons. The zero-order chi connectivity index (χ0) is 31.1. The highest BCUT2D eigenvalue weighted by Gasteiger charge is 2.40. The van der Waals surface area contributed by atoms with E-state index in [1.807, 2.05) is 61.5 Å². The SMILES string of the molecule is Cc1cccc(O[C@H]2C[C@@H](C(=O)NCc3cc(C(=N)N)cs3)N(C(=O)CNC(=O)c3ccc(Oc4ccccc4)cc3)C2)c1. The number of nitrogens with two attached hydrogens (primary N) is 1. The number of rotatable bonds is 11. The summed E-state index contributed by atoms with van der Waals surface area (Å²) in [4.78, 5) is 41.8. The molecule has 1 aliphatic rings. The van der Waals surface area contributed by atoms with Crippen LogP contribution >= 0.6 is 11.3 Å². The average Bonchev–Trinajstić information content (AvgIpc) is 3.67. The second-order valence-corrected chi connectivity index (χ2v) is 11.4. The molecule has 0 saturated carbocycles. The molecule has 0 spiro atoms. The summed E-state index contributed by atoms with van der Waals surface area (Å²) >= 11 is 1.39. The van der Waals surface area contributed by atoms with Crippen LogP contribution in [0.5, 0.6) is 17.2 Å². The zero-order valence-corrected chi connectivity index (χ0v) is 24.9. The number of para-hydroxylation sites is 1. The van der Waals surface area contributed by atoms with E-state index < -0.39 is 24.0 Å². The third-order valence-electron chi connectivity index (χ3n) is 7.08. The summed E-state index contributed by atoms with van der Waals surface area (Å²) in [5.74, 6) is 0.735. The predicted octanol–water partition coefficient (Wildman–Crippen LogP) is 4.23. The highest BCUT2D eigenvalue weighted by Crippen LogP contribution is 2.25. The van der Waals surface area contributed by atoms with Crippen molar-refractivity contribution in [2.24, 2.45) is 5.73 Å². The van der Waals surface area contributed by atoms with Gasteiger partial charge in [-0.25, -0.2) is 0 Å². The molecule has 1 saturated heterocycles. The first-order valence-corrected chi connectivity index (χ1v) is 15.0. The summed E-state index contributed by atoms with van der Waals surface area (Å²) < 4.78 is 11.9. The summed E-state index contributed by atoms with van der Waals surface area (Å²) in [5.41, 5.74) is 7.55. The number of aryl methyl sites for hydroxylation is 1. The quantitative estimate of drug-likeness (QED) is 0.148. The lowest BCUT2D eigenvalue weighted by Gasteiger charge is -2.23. The zero-order valence-electron chi connectivity index (χ0n) is 24.1. The Kier molecular flexibility index (Phi) is 9.56. The number of amides is 3. The normalized spacial score (nSPS) is 15.8. The maximum atomic E-state index is 13.4. The Balaban J connectivity index is 1.21. The number of carbonyl (C=O) groups excluding carboxylic acids is 3. The molecule has 0 aliphatic carbocycles. The van der Waals surface area contributed by atoms with Crippen molar-refractivity contribution < 1.29 is 23.9 Å². The Morgan fingerprint density at radius 2 is 1.66 bits per heavy atom. The minimum atomic E-state index is -0.782. The number of thiophene rings is 1. The van der Waals surface area contributed by atoms with Crippen molar-refractivity contribution in [3.63, 3.8) is 0 Å². The van der Waals surface area contributed by atoms with E-state index in [-0.39, 0.29) is 31.4 Å². The van der Waals surface area contributed by atoms with Crippen LogP contribution in [0.15, 0.2) is 90.3 Å². The molecular formula is C33H33N5O5S. The standard InChI is InChI=1S/C33H33N5O5S/c1-21-6-5-9-26(14-21)43-27-16-29(33(41)36-17-28-15-23(20-44-28)31(34)35)38(19-27)30(39)18-37-32(40)22-10-12-25(13-11-22)42-24-7-3-2-4-8-24/h2-15,20,27,29H,16-19H2,1H3,(H3,34,35)(H,36,41)(H,37,40)/t27-,29-/m0/s1. The third kappa shape index (κ3) is 7.81. The van der Waals surface area contributed by atoms with Crippen LogP contribution in [0.1, 0.15) is 32.8 Å². The number of hydrogen-bond donors (Lipinski definition) is 4. The van der Waals surface area contributed by atoms with Crippen LogP contribution in [0.2, 0.25) is 0 Å². The van der Waals surface area contributed by atoms with Gasteiger partial charge in [-0.2, -0.15) is 0 Å². The summed E-state index contributed by atoms with van der Waals surface area (Å²) in [5, 5.41) is 14.9. The average molecular weight is 612 g/mol. The van der Waals surface area contributed by atoms with Crippen LogP contribution < -0.4 is 25.8 Å². The van der Waals surface area contributed by atoms with Gasteiger partial charge in [-0.1, -0.05) is 30.3 Å². The molecular weight excluding hydrogens is 578 g/mol. The lowest BCUT2D eigenvalue weighted by atomic mass is 10.1. The molecule has 0 unspecified atom stereocenters. The summed E-state index contributed by atoms with van der Waals surface area (Å²) in [6.07, 6.45) is -0.110. The molecule has 10 nitrogen and oxygen atoms in total. The number of ether oxygens (including phenoxy) is 2. The number of nitrogens with one attached hydrogen (secondary N) is 3. The van der Waals surface area contributed by atoms with Gasteiger partial charge in [0, 0.05) is 27.8 Å². The van der Waals surface area contributed by atoms with E-state index in [1.165, 1.54) is 16.2 Å². The van der Waals surface area contributed by atoms with E-state index in [4.69, 9.17) is 20.6 Å². The number of carbonyl (C=O) groups is 3. The van der Waals surface area contributed by atoms with Gasteiger partial charge in [-0.15, -0.1) is 11.3 Å². The molecule has 1 fully saturated rings. The van der Waals surface area contributed by atoms with Gasteiger partial charge >= 0.3 is 0 Å². The van der Waals surface area contributed by atoms with Gasteiger partial charge in [0.2, 0.25) is 11.8 Å². The van der Waals surface area contributed by atoms with E-state index in [9.17, 15) is 14.4 Å². The van der Waals surface area contributed by atoms with Crippen LogP contribution in [0.3, 0.4) is 0 Å². The molecule has 1 aromatic heterocycles. The summed E-state index contributed by atoms with van der Waals surface area (Å²) in [6, 6.07) is 24.5. The van der Waals surface area contributed by atoms with Crippen LogP contribution in [-0.4, -0.2) is 53.7 Å². The topological polar surface area (TPSA) is 147 Å². The lowest BCUT2D eigenvalue weighted by molar-refractivity contribution is -0.137. The number of likely N-dealkylation sites (tertiary alicyclic amines) is 1. The van der Waals surface area contributed by atoms with Crippen molar-refractivity contribution in [2.75, 3.05) is 13.1 Å². The molecule has 3 aromatic carbocycles. The highest BCUT2D eigenvalue weighted by molar-refractivity contribution is 7.10. The van der Waals surface area contributed by atoms with Crippen molar-refractivity contribution >= 4 is 34.9 Å². The van der Waals surface area contributed by atoms with Crippen molar-refractivity contribution in [3.05, 3.63) is 112 Å². The smallest absolute Gasteiger partial charge is 0.251 e. The number of nitrogen functional groups attached to an aromatic ring is 1. The molecule has 44 heavy (non-hydrogen) atoms. The highest BCUT2D eigenvalue weighted by atomic mass is 32.1. The molecule has 2 atom stereocenters. The minimum Gasteiger partial charge on any atom is -0.488 e. The molecule has 0 radical (unpaired) electrons. The van der Waals surface area contributed by atoms with Gasteiger partial charge in [0.05, 0.1) is 19.6 Å². The number of hydrogen-bond acceptors (Lipinski definition) is 7. The number of benzene rings is 3. The molecule has 11 heteroatoms. The van der Waals surface area contributed by atoms with Gasteiger partial charge in [0.15, 0.2) is 0 Å². The van der Waals surface area contributed by atoms with Gasteiger partial charge in [-0.05, 0) is 67.1 Å². The Labute approximate surface area is 259 Å². The van der Waals surface area contributed by atoms with E-state index in [1.54, 1.807) is 35.7 Å². The lowest BCUT2D eigenvalue weighted by Crippen LogP contribution is -2.48. The third-order valence-corrected chi connectivity index (χ3v) is 8.01. The maximum Gasteiger partial charge on any atom is 0.251 e. The Bertz CT molecular complexity index is 1640. The first-order chi connectivity index (χ1) is 21.2. The molecule has 2 heterocycles. The second-order valence-electron chi connectivity index (χ2n) is 10.4. The van der Waals surface area contributed by atoms with Gasteiger partial charge in [0.25, 0.3) is 5.91 Å². The molecule has 5 rings (SSSR count). The van der Waals surface area contributed by atoms with Gasteiger partial charge in [0.1, 0.15) is 35.2 Å². The molecule has 4 aromatic rings. The monoisotopic (exact) mass is 611 g/mol. The first kappa shape index (κ1) is 30.3. The van der Waals surface area contributed by atoms with Gasteiger partial charge in [-0.3, -0.25) is 19.8 Å². The fraction of sp³-hybridized carbons (Fsp3) is 0.212. The van der Waals surface area contributed by atoms with E-state index in [0.29, 0.717) is 34.8 Å². The van der Waals surface area contributed by atoms with Crippen molar-refractivity contribution in [1.29, 1.82) is 5.41 Å². The largest absolute Gasteiger partial charge is 0.488 e. The molecule has 5 N–H and O–H groups in total. The van der Waals surface area contributed by atoms with Crippen LogP contribution in [0.4, 0.5) is 0 Å². The fourth-order valence-corrected chi connectivity index (χ4v) is 5.68. The Morgan fingerprint density at radius 3 is 2.36 bits per heavy atom. The predicted molar refractivity (Wildman–Crippen MR) is 168 cm³/mol. The number of amidine groups is 1. The van der Waals surface area contributed by atoms with E-state index >= 15 is 0 Å². The summed E-state index contributed by atoms with van der Waals surface area (Å²) in [6.45, 7) is 2.11. The Morgan fingerprint density at radius 1 is 0.932 bits per heavy atom. The Hall–Kier alpha value is -5.16. The second kappa shape index (κ2) is 13.9. The van der Waals surface area contributed by atoms with Crippen molar-refractivity contribution in [2.45, 2.75) is 32.0 Å². The molecule has 0 bridgehead atoms. The molecule has 1 aliphatic heterocycles. The first-order valence-electron chi connectivity index (χ1n) is 14.1. The maximum absolute atomic E-state index is 13.4. The fourth-order valence-electron chi connectivity index (χ4n) is 4.85. The van der Waals surface area contributed by atoms with Crippen LogP contribution in [-0.2, 0) is 16.1 Å². The van der Waals surface area contributed by atoms with Crippen molar-refractivity contribution in [1.82, 2.24) is 15.5 Å². The minimum absolute atomic E-state index is 0.0407. The van der Waals surface area contributed by atoms with Crippen molar-refractivity contribution in [3.8, 4) is 17.2 Å². The summed E-state index contributed by atoms with van der Waals surface area (Å²) in [7, 11) is 0.